The molecule has 182 valence electrons. The first kappa shape index (κ1) is 25.3. The van der Waals surface area contributed by atoms with Gasteiger partial charge in [-0.05, 0) is 28.8 Å². The second kappa shape index (κ2) is 13.4. The predicted octanol–water partition coefficient (Wildman–Crippen LogP) is 3.39. The fraction of sp³-hybridized carbons (Fsp3) is 0.222. The Balaban J connectivity index is 1.52. The molecule has 2 N–H and O–H groups in total. The molecule has 0 heterocycles. The largest absolute Gasteiger partial charge is 0.497 e. The van der Waals surface area contributed by atoms with Crippen molar-refractivity contribution in [1.82, 2.24) is 10.6 Å². The first-order valence-electron chi connectivity index (χ1n) is 11.1. The van der Waals surface area contributed by atoms with E-state index in [0.29, 0.717) is 5.75 Å². The first-order chi connectivity index (χ1) is 17.0. The van der Waals surface area contributed by atoms with Crippen LogP contribution >= 0.6 is 0 Å². The van der Waals surface area contributed by atoms with Gasteiger partial charge in [0.25, 0.3) is 5.91 Å². The van der Waals surface area contributed by atoms with Crippen LogP contribution in [0.15, 0.2) is 84.9 Å². The number of rotatable bonds is 11. The van der Waals surface area contributed by atoms with E-state index in [4.69, 9.17) is 14.2 Å². The van der Waals surface area contributed by atoms with Gasteiger partial charge in [0.1, 0.15) is 18.4 Å². The number of hydrogen-bond donors (Lipinski definition) is 2. The average Bonchev–Trinajstić information content (AvgIpc) is 2.90. The van der Waals surface area contributed by atoms with Crippen molar-refractivity contribution in [2.75, 3.05) is 13.7 Å². The van der Waals surface area contributed by atoms with Crippen LogP contribution in [-0.4, -0.2) is 37.7 Å². The Morgan fingerprint density at radius 3 is 2.14 bits per heavy atom. The van der Waals surface area contributed by atoms with Crippen LogP contribution in [0, 0.1) is 0 Å². The minimum atomic E-state index is -1.02. The molecule has 3 aromatic carbocycles. The quantitative estimate of drug-likeness (QED) is 0.411. The molecule has 0 aliphatic heterocycles. The second-order valence-electron chi connectivity index (χ2n) is 7.68. The van der Waals surface area contributed by atoms with Crippen molar-refractivity contribution in [3.05, 3.63) is 102 Å². The number of carbonyl (C=O) groups excluding carboxylic acids is 3. The highest BCUT2D eigenvalue weighted by Crippen LogP contribution is 2.12. The molecule has 0 aromatic heterocycles. The van der Waals surface area contributed by atoms with Crippen molar-refractivity contribution < 1.29 is 28.6 Å². The molecule has 3 rings (SSSR count). The van der Waals surface area contributed by atoms with E-state index >= 15 is 0 Å². The van der Waals surface area contributed by atoms with E-state index in [2.05, 4.69) is 10.6 Å². The summed E-state index contributed by atoms with van der Waals surface area (Å²) in [5.41, 5.74) is 2.48. The highest BCUT2D eigenvalue weighted by molar-refractivity contribution is 5.85. The number of amides is 2. The van der Waals surface area contributed by atoms with Crippen molar-refractivity contribution >= 4 is 18.0 Å². The molecule has 0 unspecified atom stereocenters. The van der Waals surface area contributed by atoms with Gasteiger partial charge >= 0.3 is 12.1 Å². The van der Waals surface area contributed by atoms with Crippen molar-refractivity contribution in [2.45, 2.75) is 25.6 Å². The predicted molar refractivity (Wildman–Crippen MR) is 129 cm³/mol. The molecule has 8 heteroatoms. The Labute approximate surface area is 204 Å². The maximum Gasteiger partial charge on any atom is 0.408 e. The summed E-state index contributed by atoms with van der Waals surface area (Å²) >= 11 is 0. The van der Waals surface area contributed by atoms with Crippen molar-refractivity contribution in [1.29, 1.82) is 0 Å². The van der Waals surface area contributed by atoms with Gasteiger partial charge in [0, 0.05) is 13.0 Å². The molecular weight excluding hydrogens is 448 g/mol. The zero-order valence-corrected chi connectivity index (χ0v) is 19.4. The summed E-state index contributed by atoms with van der Waals surface area (Å²) in [6, 6.07) is 24.6. The number of nitrogens with one attached hydrogen (secondary N) is 2. The van der Waals surface area contributed by atoms with Crippen molar-refractivity contribution in [2.24, 2.45) is 0 Å². The Hall–Kier alpha value is -4.33. The minimum absolute atomic E-state index is 0.0620. The van der Waals surface area contributed by atoms with Crippen LogP contribution in [0.5, 0.6) is 5.75 Å². The SMILES string of the molecule is COc1cccc(CNC(=O)COC(=O)[C@H](Cc2ccccc2)NC(=O)OCc2ccccc2)c1. The van der Waals surface area contributed by atoms with Crippen molar-refractivity contribution in [3.63, 3.8) is 0 Å². The lowest BCUT2D eigenvalue weighted by Crippen LogP contribution is -2.44. The lowest BCUT2D eigenvalue weighted by molar-refractivity contribution is -0.150. The van der Waals surface area contributed by atoms with Crippen LogP contribution in [0.1, 0.15) is 16.7 Å². The lowest BCUT2D eigenvalue weighted by Gasteiger charge is -2.18. The number of esters is 1. The van der Waals surface area contributed by atoms with Gasteiger partial charge in [-0.3, -0.25) is 4.79 Å². The van der Waals surface area contributed by atoms with Gasteiger partial charge < -0.3 is 24.8 Å². The van der Waals surface area contributed by atoms with E-state index in [1.165, 1.54) is 0 Å². The summed E-state index contributed by atoms with van der Waals surface area (Å²) in [7, 11) is 1.56. The molecule has 3 aromatic rings. The number of hydrogen-bond acceptors (Lipinski definition) is 6. The van der Waals surface area contributed by atoms with Crippen LogP contribution in [0.25, 0.3) is 0 Å². The Morgan fingerprint density at radius 2 is 1.46 bits per heavy atom. The normalized spacial score (nSPS) is 11.1. The minimum Gasteiger partial charge on any atom is -0.497 e. The summed E-state index contributed by atoms with van der Waals surface area (Å²) in [6.07, 6.45) is -0.569. The lowest BCUT2D eigenvalue weighted by atomic mass is 10.1. The highest BCUT2D eigenvalue weighted by atomic mass is 16.6. The van der Waals surface area contributed by atoms with E-state index < -0.39 is 30.6 Å². The molecule has 0 aliphatic rings. The Bertz CT molecular complexity index is 1100. The van der Waals surface area contributed by atoms with E-state index in [1.807, 2.05) is 72.8 Å². The van der Waals surface area contributed by atoms with Crippen LogP contribution < -0.4 is 15.4 Å². The van der Waals surface area contributed by atoms with Gasteiger partial charge in [-0.1, -0.05) is 72.8 Å². The first-order valence-corrected chi connectivity index (χ1v) is 11.1. The summed E-state index contributed by atoms with van der Waals surface area (Å²) in [5, 5.41) is 5.24. The van der Waals surface area contributed by atoms with E-state index in [1.54, 1.807) is 19.2 Å². The zero-order valence-electron chi connectivity index (χ0n) is 19.4. The smallest absolute Gasteiger partial charge is 0.408 e. The molecule has 2 amide bonds. The molecule has 8 nitrogen and oxygen atoms in total. The molecule has 1 atom stereocenters. The molecule has 0 saturated heterocycles. The number of carbonyl (C=O) groups is 3. The Kier molecular flexibility index (Phi) is 9.68. The molecule has 0 saturated carbocycles. The number of ether oxygens (including phenoxy) is 3. The van der Waals surface area contributed by atoms with Crippen LogP contribution in [0.2, 0.25) is 0 Å². The van der Waals surface area contributed by atoms with Gasteiger partial charge in [-0.25, -0.2) is 9.59 Å². The summed E-state index contributed by atoms with van der Waals surface area (Å²) in [4.78, 5) is 37.3. The number of alkyl carbamates (subject to hydrolysis) is 1. The van der Waals surface area contributed by atoms with E-state index in [9.17, 15) is 14.4 Å². The van der Waals surface area contributed by atoms with Gasteiger partial charge in [0.15, 0.2) is 6.61 Å². The van der Waals surface area contributed by atoms with Gasteiger partial charge in [0.05, 0.1) is 7.11 Å². The van der Waals surface area contributed by atoms with Crippen LogP contribution in [0.3, 0.4) is 0 Å². The molecule has 0 radical (unpaired) electrons. The highest BCUT2D eigenvalue weighted by Gasteiger charge is 2.24. The van der Waals surface area contributed by atoms with Crippen molar-refractivity contribution in [3.8, 4) is 5.75 Å². The topological polar surface area (TPSA) is 103 Å². The third-order valence-corrected chi connectivity index (χ3v) is 5.04. The maximum atomic E-state index is 12.7. The van der Waals surface area contributed by atoms with E-state index in [-0.39, 0.29) is 19.6 Å². The average molecular weight is 477 g/mol. The summed E-state index contributed by atoms with van der Waals surface area (Å²) in [5.74, 6) is -0.523. The summed E-state index contributed by atoms with van der Waals surface area (Å²) < 4.78 is 15.6. The molecule has 0 fully saturated rings. The standard InChI is InChI=1S/C27H28N2O6/c1-33-23-14-8-13-22(15-23)17-28-25(30)19-34-26(31)24(16-20-9-4-2-5-10-20)29-27(32)35-18-21-11-6-3-7-12-21/h2-15,24H,16-19H2,1H3,(H,28,30)(H,29,32)/t24-/m0/s1. The molecule has 0 bridgehead atoms. The fourth-order valence-electron chi connectivity index (χ4n) is 3.22. The zero-order chi connectivity index (χ0) is 24.9. The Morgan fingerprint density at radius 1 is 0.800 bits per heavy atom. The third kappa shape index (κ3) is 8.85. The van der Waals surface area contributed by atoms with Crippen LogP contribution in [-0.2, 0) is 38.6 Å². The maximum absolute atomic E-state index is 12.7. The van der Waals surface area contributed by atoms with Crippen LogP contribution in [0.4, 0.5) is 4.79 Å². The molecule has 0 aliphatic carbocycles. The second-order valence-corrected chi connectivity index (χ2v) is 7.68. The molecule has 0 spiro atoms. The number of methoxy groups -OCH3 is 1. The molecule has 35 heavy (non-hydrogen) atoms. The van der Waals surface area contributed by atoms with Gasteiger partial charge in [-0.2, -0.15) is 0 Å². The molecular formula is C27H28N2O6. The van der Waals surface area contributed by atoms with Gasteiger partial charge in [0.2, 0.25) is 0 Å². The van der Waals surface area contributed by atoms with E-state index in [0.717, 1.165) is 16.7 Å². The number of benzene rings is 3. The third-order valence-electron chi connectivity index (χ3n) is 5.04. The summed E-state index contributed by atoms with van der Waals surface area (Å²) in [6.45, 7) is -0.160. The monoisotopic (exact) mass is 476 g/mol. The van der Waals surface area contributed by atoms with Gasteiger partial charge in [-0.15, -0.1) is 0 Å². The fourth-order valence-corrected chi connectivity index (χ4v) is 3.22.